The number of hydrogen-bond donors (Lipinski definition) is 1. The van der Waals surface area contributed by atoms with Crippen molar-refractivity contribution in [3.05, 3.63) is 53.8 Å². The first-order valence-corrected chi connectivity index (χ1v) is 9.52. The van der Waals surface area contributed by atoms with Gasteiger partial charge in [-0.05, 0) is 24.3 Å². The normalized spacial score (nSPS) is 10.5. The Morgan fingerprint density at radius 3 is 2.82 bits per heavy atom. The smallest absolute Gasteiger partial charge is 0.230 e. The molecule has 0 spiro atoms. The molecule has 146 valence electrons. The molecule has 0 aliphatic heterocycles. The molecule has 0 bridgehead atoms. The molecule has 0 aliphatic carbocycles. The topological polar surface area (TPSA) is 82.6 Å². The minimum Gasteiger partial charge on any atom is -0.493 e. The number of rotatable bonds is 9. The summed E-state index contributed by atoms with van der Waals surface area (Å²) in [6.45, 7) is 0.850. The summed E-state index contributed by atoms with van der Waals surface area (Å²) in [5.74, 6) is 0.982. The highest BCUT2D eigenvalue weighted by molar-refractivity contribution is 7.13. The number of thiazole rings is 1. The van der Waals surface area contributed by atoms with Gasteiger partial charge in [-0.15, -0.1) is 11.3 Å². The number of pyridine rings is 1. The second-order valence-electron chi connectivity index (χ2n) is 5.82. The van der Waals surface area contributed by atoms with Crippen molar-refractivity contribution in [1.82, 2.24) is 9.97 Å². The molecule has 3 aromatic rings. The van der Waals surface area contributed by atoms with E-state index < -0.39 is 0 Å². The molecule has 7 nitrogen and oxygen atoms in total. The van der Waals surface area contributed by atoms with Crippen LogP contribution in [0.1, 0.15) is 5.69 Å². The Kier molecular flexibility index (Phi) is 6.94. The number of ether oxygens (including phenoxy) is 3. The number of nitrogens with zero attached hydrogens (tertiary/aromatic N) is 2. The van der Waals surface area contributed by atoms with Crippen LogP contribution in [0.15, 0.2) is 48.1 Å². The highest BCUT2D eigenvalue weighted by Crippen LogP contribution is 2.30. The molecule has 0 atom stereocenters. The van der Waals surface area contributed by atoms with E-state index >= 15 is 0 Å². The predicted molar refractivity (Wildman–Crippen MR) is 108 cm³/mol. The number of benzene rings is 1. The first kappa shape index (κ1) is 19.8. The van der Waals surface area contributed by atoms with Crippen LogP contribution in [0.5, 0.6) is 11.5 Å². The monoisotopic (exact) mass is 399 g/mol. The van der Waals surface area contributed by atoms with Crippen molar-refractivity contribution in [2.45, 2.75) is 6.42 Å². The Labute approximate surface area is 167 Å². The van der Waals surface area contributed by atoms with E-state index in [0.717, 1.165) is 10.6 Å². The molecular weight excluding hydrogens is 378 g/mol. The molecule has 1 N–H and O–H groups in total. The minimum atomic E-state index is -0.156. The van der Waals surface area contributed by atoms with Gasteiger partial charge in [0.25, 0.3) is 0 Å². The van der Waals surface area contributed by atoms with Gasteiger partial charge in [0, 0.05) is 42.2 Å². The third-order valence-electron chi connectivity index (χ3n) is 3.79. The number of carbonyl (C=O) groups is 1. The first-order chi connectivity index (χ1) is 13.7. The fourth-order valence-electron chi connectivity index (χ4n) is 2.48. The molecule has 1 amide bonds. The van der Waals surface area contributed by atoms with Gasteiger partial charge in [0.2, 0.25) is 5.91 Å². The summed E-state index contributed by atoms with van der Waals surface area (Å²) in [5.41, 5.74) is 2.28. The van der Waals surface area contributed by atoms with E-state index in [2.05, 4.69) is 15.3 Å². The quantitative estimate of drug-likeness (QED) is 0.555. The highest BCUT2D eigenvalue weighted by atomic mass is 32.1. The van der Waals surface area contributed by atoms with Crippen LogP contribution in [-0.4, -0.2) is 43.3 Å². The van der Waals surface area contributed by atoms with Crippen LogP contribution in [0.2, 0.25) is 0 Å². The maximum Gasteiger partial charge on any atom is 0.230 e. The molecule has 0 radical (unpaired) electrons. The maximum atomic E-state index is 12.4. The molecular formula is C20H21N3O4S. The van der Waals surface area contributed by atoms with Gasteiger partial charge < -0.3 is 19.5 Å². The van der Waals surface area contributed by atoms with Crippen molar-refractivity contribution < 1.29 is 19.0 Å². The standard InChI is InChI=1S/C20H21N3O4S/c1-25-8-9-27-18-10-15(5-6-17(18)26-2)22-19(24)11-16-13-28-20(23-16)14-4-3-7-21-12-14/h3-7,10,12-13H,8-9,11H2,1-2H3,(H,22,24). The maximum absolute atomic E-state index is 12.4. The van der Waals surface area contributed by atoms with E-state index in [-0.39, 0.29) is 12.3 Å². The van der Waals surface area contributed by atoms with Gasteiger partial charge in [-0.25, -0.2) is 4.98 Å². The predicted octanol–water partition coefficient (Wildman–Crippen LogP) is 3.42. The minimum absolute atomic E-state index is 0.156. The van der Waals surface area contributed by atoms with E-state index in [4.69, 9.17) is 14.2 Å². The van der Waals surface area contributed by atoms with Crippen LogP contribution < -0.4 is 14.8 Å². The van der Waals surface area contributed by atoms with Crippen molar-refractivity contribution in [3.8, 4) is 22.1 Å². The van der Waals surface area contributed by atoms with Crippen LogP contribution in [0.4, 0.5) is 5.69 Å². The number of aromatic nitrogens is 2. The average molecular weight is 399 g/mol. The van der Waals surface area contributed by atoms with E-state index in [9.17, 15) is 4.79 Å². The number of carbonyl (C=O) groups excluding carboxylic acids is 1. The second-order valence-corrected chi connectivity index (χ2v) is 6.68. The molecule has 0 aliphatic rings. The number of methoxy groups -OCH3 is 2. The van der Waals surface area contributed by atoms with Gasteiger partial charge in [-0.1, -0.05) is 0 Å². The number of anilines is 1. The Morgan fingerprint density at radius 1 is 1.18 bits per heavy atom. The lowest BCUT2D eigenvalue weighted by molar-refractivity contribution is -0.115. The summed E-state index contributed by atoms with van der Waals surface area (Å²) in [7, 11) is 3.17. The summed E-state index contributed by atoms with van der Waals surface area (Å²) in [5, 5.41) is 5.59. The lowest BCUT2D eigenvalue weighted by Gasteiger charge is -2.12. The molecule has 0 saturated carbocycles. The van der Waals surface area contributed by atoms with Gasteiger partial charge in [0.15, 0.2) is 11.5 Å². The SMILES string of the molecule is COCCOc1cc(NC(=O)Cc2csc(-c3cccnc3)n2)ccc1OC. The molecule has 8 heteroatoms. The lowest BCUT2D eigenvalue weighted by Crippen LogP contribution is -2.15. The van der Waals surface area contributed by atoms with Gasteiger partial charge in [-0.3, -0.25) is 9.78 Å². The summed E-state index contributed by atoms with van der Waals surface area (Å²) in [6, 6.07) is 9.05. The molecule has 0 saturated heterocycles. The van der Waals surface area contributed by atoms with E-state index in [1.807, 2.05) is 17.5 Å². The molecule has 0 unspecified atom stereocenters. The van der Waals surface area contributed by atoms with Gasteiger partial charge in [0.1, 0.15) is 11.6 Å². The van der Waals surface area contributed by atoms with Crippen molar-refractivity contribution >= 4 is 22.9 Å². The number of nitrogens with one attached hydrogen (secondary N) is 1. The Balaban J connectivity index is 1.63. The fraction of sp³-hybridized carbons (Fsp3) is 0.250. The Morgan fingerprint density at radius 2 is 2.07 bits per heavy atom. The average Bonchev–Trinajstić information content (AvgIpc) is 3.17. The fourth-order valence-corrected chi connectivity index (χ4v) is 3.29. The van der Waals surface area contributed by atoms with Crippen LogP contribution in [0, 0.1) is 0 Å². The lowest BCUT2D eigenvalue weighted by atomic mass is 10.2. The molecule has 28 heavy (non-hydrogen) atoms. The van der Waals surface area contributed by atoms with E-state index in [1.165, 1.54) is 11.3 Å². The third kappa shape index (κ3) is 5.28. The first-order valence-electron chi connectivity index (χ1n) is 8.64. The Hall–Kier alpha value is -2.97. The van der Waals surface area contributed by atoms with Gasteiger partial charge in [-0.2, -0.15) is 0 Å². The summed E-state index contributed by atoms with van der Waals surface area (Å²) in [4.78, 5) is 21.0. The van der Waals surface area contributed by atoms with E-state index in [1.54, 1.807) is 44.8 Å². The molecule has 2 heterocycles. The summed E-state index contributed by atoms with van der Waals surface area (Å²) < 4.78 is 15.9. The zero-order chi connectivity index (χ0) is 19.8. The van der Waals surface area contributed by atoms with Crippen molar-refractivity contribution in [2.75, 3.05) is 32.8 Å². The molecule has 1 aromatic carbocycles. The van der Waals surface area contributed by atoms with Crippen LogP contribution in [0.3, 0.4) is 0 Å². The van der Waals surface area contributed by atoms with Crippen molar-refractivity contribution in [2.24, 2.45) is 0 Å². The second kappa shape index (κ2) is 9.82. The largest absolute Gasteiger partial charge is 0.493 e. The Bertz CT molecular complexity index is 915. The van der Waals surface area contributed by atoms with Gasteiger partial charge >= 0.3 is 0 Å². The number of hydrogen-bond acceptors (Lipinski definition) is 7. The van der Waals surface area contributed by atoms with Gasteiger partial charge in [0.05, 0.1) is 25.8 Å². The zero-order valence-corrected chi connectivity index (χ0v) is 16.5. The third-order valence-corrected chi connectivity index (χ3v) is 4.73. The molecule has 2 aromatic heterocycles. The number of amides is 1. The van der Waals surface area contributed by atoms with Crippen LogP contribution >= 0.6 is 11.3 Å². The van der Waals surface area contributed by atoms with Crippen molar-refractivity contribution in [3.63, 3.8) is 0 Å². The molecule has 0 fully saturated rings. The van der Waals surface area contributed by atoms with Crippen molar-refractivity contribution in [1.29, 1.82) is 0 Å². The van der Waals surface area contributed by atoms with E-state index in [0.29, 0.717) is 36.1 Å². The molecule has 3 rings (SSSR count). The van der Waals surface area contributed by atoms with Crippen LogP contribution in [-0.2, 0) is 16.0 Å². The summed E-state index contributed by atoms with van der Waals surface area (Å²) >= 11 is 1.49. The highest BCUT2D eigenvalue weighted by Gasteiger charge is 2.11. The van der Waals surface area contributed by atoms with Crippen LogP contribution in [0.25, 0.3) is 10.6 Å². The zero-order valence-electron chi connectivity index (χ0n) is 15.7. The summed E-state index contributed by atoms with van der Waals surface area (Å²) in [6.07, 6.45) is 3.65.